The lowest BCUT2D eigenvalue weighted by molar-refractivity contribution is 0.0594. The second-order valence-electron chi connectivity index (χ2n) is 4.26. The van der Waals surface area contributed by atoms with Crippen LogP contribution in [0.15, 0.2) is 18.2 Å². The molecule has 19 heavy (non-hydrogen) atoms. The van der Waals surface area contributed by atoms with Crippen LogP contribution < -0.4 is 14.8 Å². The summed E-state index contributed by atoms with van der Waals surface area (Å²) in [5.41, 5.74) is 1.11. The minimum Gasteiger partial charge on any atom is -0.493 e. The molecule has 0 heterocycles. The monoisotopic (exact) mass is 269 g/mol. The fourth-order valence-corrected chi connectivity index (χ4v) is 1.77. The number of aliphatic hydroxyl groups excluding tert-OH is 1. The Morgan fingerprint density at radius 1 is 1.16 bits per heavy atom. The van der Waals surface area contributed by atoms with Gasteiger partial charge in [-0.05, 0) is 30.7 Å². The van der Waals surface area contributed by atoms with Crippen LogP contribution in [0.1, 0.15) is 12.0 Å². The van der Waals surface area contributed by atoms with Gasteiger partial charge in [0.15, 0.2) is 11.5 Å². The lowest BCUT2D eigenvalue weighted by Crippen LogP contribution is -2.23. The van der Waals surface area contributed by atoms with Crippen molar-refractivity contribution in [3.8, 4) is 11.5 Å². The molecule has 5 nitrogen and oxygen atoms in total. The maximum Gasteiger partial charge on any atom is 0.161 e. The third kappa shape index (κ3) is 5.46. The first-order valence-electron chi connectivity index (χ1n) is 6.30. The number of hydrogen-bond donors (Lipinski definition) is 2. The molecule has 0 saturated heterocycles. The predicted molar refractivity (Wildman–Crippen MR) is 73.8 cm³/mol. The van der Waals surface area contributed by atoms with Crippen LogP contribution in [0, 0.1) is 0 Å². The molecule has 0 amide bonds. The van der Waals surface area contributed by atoms with Gasteiger partial charge in [0.2, 0.25) is 0 Å². The average molecular weight is 269 g/mol. The molecular weight excluding hydrogens is 246 g/mol. The van der Waals surface area contributed by atoms with E-state index in [2.05, 4.69) is 5.32 Å². The van der Waals surface area contributed by atoms with Crippen LogP contribution in [-0.2, 0) is 11.3 Å². The van der Waals surface area contributed by atoms with Crippen LogP contribution in [0.4, 0.5) is 0 Å². The predicted octanol–water partition coefficient (Wildman–Crippen LogP) is 1.19. The first kappa shape index (κ1) is 15.8. The van der Waals surface area contributed by atoms with E-state index >= 15 is 0 Å². The van der Waals surface area contributed by atoms with Crippen LogP contribution in [0.5, 0.6) is 11.5 Å². The molecule has 1 atom stereocenters. The molecule has 0 radical (unpaired) electrons. The highest BCUT2D eigenvalue weighted by Crippen LogP contribution is 2.27. The Bertz CT molecular complexity index is 370. The molecule has 0 bridgehead atoms. The van der Waals surface area contributed by atoms with Gasteiger partial charge in [-0.25, -0.2) is 0 Å². The van der Waals surface area contributed by atoms with E-state index < -0.39 is 6.10 Å². The standard InChI is InChI=1S/C14H23NO4/c1-17-10-12(16)6-7-15-9-11-4-5-13(18-2)14(8-11)19-3/h4-5,8,12,15-16H,6-7,9-10H2,1-3H3. The summed E-state index contributed by atoms with van der Waals surface area (Å²) in [5.74, 6) is 1.45. The van der Waals surface area contributed by atoms with Gasteiger partial charge in [0.05, 0.1) is 26.9 Å². The fourth-order valence-electron chi connectivity index (χ4n) is 1.77. The first-order valence-corrected chi connectivity index (χ1v) is 6.30. The number of ether oxygens (including phenoxy) is 3. The smallest absolute Gasteiger partial charge is 0.161 e. The van der Waals surface area contributed by atoms with Crippen LogP contribution in [0.25, 0.3) is 0 Å². The number of methoxy groups -OCH3 is 3. The summed E-state index contributed by atoms with van der Waals surface area (Å²) >= 11 is 0. The Labute approximate surface area is 114 Å². The molecule has 0 saturated carbocycles. The van der Waals surface area contributed by atoms with Gasteiger partial charge >= 0.3 is 0 Å². The first-order chi connectivity index (χ1) is 9.21. The molecule has 0 aromatic heterocycles. The van der Waals surface area contributed by atoms with E-state index in [4.69, 9.17) is 14.2 Å². The van der Waals surface area contributed by atoms with Crippen molar-refractivity contribution in [3.63, 3.8) is 0 Å². The van der Waals surface area contributed by atoms with Gasteiger partial charge in [-0.1, -0.05) is 6.07 Å². The highest BCUT2D eigenvalue weighted by atomic mass is 16.5. The number of benzene rings is 1. The van der Waals surface area contributed by atoms with Crippen LogP contribution >= 0.6 is 0 Å². The van der Waals surface area contributed by atoms with E-state index in [-0.39, 0.29) is 0 Å². The van der Waals surface area contributed by atoms with Gasteiger partial charge in [0, 0.05) is 13.7 Å². The SMILES string of the molecule is COCC(O)CCNCc1ccc(OC)c(OC)c1. The molecule has 1 aromatic rings. The maximum absolute atomic E-state index is 9.50. The zero-order chi connectivity index (χ0) is 14.1. The van der Waals surface area contributed by atoms with E-state index in [0.717, 1.165) is 30.2 Å². The van der Waals surface area contributed by atoms with E-state index in [9.17, 15) is 5.11 Å². The molecule has 0 spiro atoms. The lowest BCUT2D eigenvalue weighted by Gasteiger charge is -2.12. The summed E-state index contributed by atoms with van der Waals surface area (Å²) in [6.45, 7) is 1.83. The van der Waals surface area contributed by atoms with Gasteiger partial charge in [0.1, 0.15) is 0 Å². The number of hydrogen-bond acceptors (Lipinski definition) is 5. The molecule has 1 rings (SSSR count). The summed E-state index contributed by atoms with van der Waals surface area (Å²) in [5, 5.41) is 12.8. The van der Waals surface area contributed by atoms with Crippen molar-refractivity contribution in [1.29, 1.82) is 0 Å². The van der Waals surface area contributed by atoms with Crippen molar-refractivity contribution in [2.24, 2.45) is 0 Å². The molecular formula is C14H23NO4. The number of rotatable bonds is 9. The lowest BCUT2D eigenvalue weighted by atomic mass is 10.2. The molecule has 5 heteroatoms. The Morgan fingerprint density at radius 3 is 2.53 bits per heavy atom. The van der Waals surface area contributed by atoms with Crippen LogP contribution in [0.3, 0.4) is 0 Å². The Hall–Kier alpha value is -1.30. The zero-order valence-corrected chi connectivity index (χ0v) is 11.8. The quantitative estimate of drug-likeness (QED) is 0.659. The van der Waals surface area contributed by atoms with Crippen molar-refractivity contribution in [2.75, 3.05) is 34.5 Å². The summed E-state index contributed by atoms with van der Waals surface area (Å²) in [7, 11) is 4.82. The van der Waals surface area contributed by atoms with E-state index in [1.165, 1.54) is 0 Å². The largest absolute Gasteiger partial charge is 0.493 e. The van der Waals surface area contributed by atoms with Crippen LogP contribution in [-0.4, -0.2) is 45.7 Å². The molecule has 1 unspecified atom stereocenters. The van der Waals surface area contributed by atoms with Gasteiger partial charge in [0.25, 0.3) is 0 Å². The summed E-state index contributed by atoms with van der Waals surface area (Å²) in [4.78, 5) is 0. The summed E-state index contributed by atoms with van der Waals surface area (Å²) in [6.07, 6.45) is 0.254. The Kier molecular flexibility index (Phi) is 7.25. The van der Waals surface area contributed by atoms with Crippen molar-refractivity contribution in [3.05, 3.63) is 23.8 Å². The molecule has 0 aliphatic rings. The highest BCUT2D eigenvalue weighted by molar-refractivity contribution is 5.42. The molecule has 2 N–H and O–H groups in total. The van der Waals surface area contributed by atoms with Gasteiger partial charge in [-0.2, -0.15) is 0 Å². The molecule has 108 valence electrons. The van der Waals surface area contributed by atoms with Crippen molar-refractivity contribution in [1.82, 2.24) is 5.32 Å². The van der Waals surface area contributed by atoms with Gasteiger partial charge in [-0.3, -0.25) is 0 Å². The van der Waals surface area contributed by atoms with Crippen molar-refractivity contribution >= 4 is 0 Å². The third-order valence-corrected chi connectivity index (χ3v) is 2.79. The fraction of sp³-hybridized carbons (Fsp3) is 0.571. The topological polar surface area (TPSA) is 60.0 Å². The third-order valence-electron chi connectivity index (χ3n) is 2.79. The summed E-state index contributed by atoms with van der Waals surface area (Å²) in [6, 6.07) is 5.81. The van der Waals surface area contributed by atoms with E-state index in [0.29, 0.717) is 13.0 Å². The summed E-state index contributed by atoms with van der Waals surface area (Å²) < 4.78 is 15.3. The molecule has 0 fully saturated rings. The van der Waals surface area contributed by atoms with Crippen LogP contribution in [0.2, 0.25) is 0 Å². The maximum atomic E-state index is 9.50. The minimum atomic E-state index is -0.414. The number of nitrogens with one attached hydrogen (secondary N) is 1. The minimum absolute atomic E-state index is 0.373. The Balaban J connectivity index is 2.37. The molecule has 0 aliphatic heterocycles. The second-order valence-corrected chi connectivity index (χ2v) is 4.26. The average Bonchev–Trinajstić information content (AvgIpc) is 2.43. The van der Waals surface area contributed by atoms with Crippen molar-refractivity contribution in [2.45, 2.75) is 19.1 Å². The van der Waals surface area contributed by atoms with E-state index in [1.54, 1.807) is 21.3 Å². The zero-order valence-electron chi connectivity index (χ0n) is 11.8. The number of aliphatic hydroxyl groups is 1. The molecule has 1 aromatic carbocycles. The van der Waals surface area contributed by atoms with Gasteiger partial charge in [-0.15, -0.1) is 0 Å². The Morgan fingerprint density at radius 2 is 1.89 bits per heavy atom. The molecule has 0 aliphatic carbocycles. The van der Waals surface area contributed by atoms with Crippen molar-refractivity contribution < 1.29 is 19.3 Å². The normalized spacial score (nSPS) is 12.2. The highest BCUT2D eigenvalue weighted by Gasteiger charge is 2.05. The second kappa shape index (κ2) is 8.74. The van der Waals surface area contributed by atoms with E-state index in [1.807, 2.05) is 18.2 Å². The van der Waals surface area contributed by atoms with Gasteiger partial charge < -0.3 is 24.6 Å².